The molecular weight excluding hydrogens is 545 g/mol. The Bertz CT molecular complexity index is 1530. The van der Waals surface area contributed by atoms with Crippen LogP contribution in [0.5, 0.6) is 0 Å². The average Bonchev–Trinajstić information content (AvgIpc) is 3.43. The summed E-state index contributed by atoms with van der Waals surface area (Å²) in [5.74, 6) is 0.596. The van der Waals surface area contributed by atoms with Gasteiger partial charge in [-0.2, -0.15) is 0 Å². The van der Waals surface area contributed by atoms with E-state index in [1.54, 1.807) is 17.8 Å². The number of fused-ring (bicyclic) bond motifs is 1. The smallest absolute Gasteiger partial charge is 0.262 e. The molecule has 2 aliphatic rings. The number of amides is 1. The van der Waals surface area contributed by atoms with Gasteiger partial charge in [0.25, 0.3) is 5.91 Å². The minimum atomic E-state index is -0.141. The van der Waals surface area contributed by atoms with Crippen molar-refractivity contribution in [2.24, 2.45) is 5.92 Å². The number of halogens is 2. The minimum absolute atomic E-state index is 0.116. The molecule has 7 heteroatoms. The molecule has 2 heterocycles. The van der Waals surface area contributed by atoms with Crippen molar-refractivity contribution in [1.29, 1.82) is 0 Å². The Morgan fingerprint density at radius 2 is 1.77 bits per heavy atom. The van der Waals surface area contributed by atoms with E-state index in [-0.39, 0.29) is 17.4 Å². The lowest BCUT2D eigenvalue weighted by atomic mass is 9.85. The van der Waals surface area contributed by atoms with E-state index >= 15 is 0 Å². The van der Waals surface area contributed by atoms with Crippen molar-refractivity contribution in [3.63, 3.8) is 0 Å². The number of rotatable bonds is 6. The van der Waals surface area contributed by atoms with E-state index in [4.69, 9.17) is 23.2 Å². The summed E-state index contributed by atoms with van der Waals surface area (Å²) in [6, 6.07) is 24.3. The van der Waals surface area contributed by atoms with Gasteiger partial charge in [0.15, 0.2) is 5.50 Å². The van der Waals surface area contributed by atoms with Crippen LogP contribution >= 0.6 is 35.0 Å². The van der Waals surface area contributed by atoms with Crippen molar-refractivity contribution >= 4 is 63.5 Å². The first-order chi connectivity index (χ1) is 19.0. The predicted molar refractivity (Wildman–Crippen MR) is 165 cm³/mol. The van der Waals surface area contributed by atoms with Gasteiger partial charge in [0.05, 0.1) is 4.91 Å². The van der Waals surface area contributed by atoms with E-state index in [2.05, 4.69) is 58.2 Å². The van der Waals surface area contributed by atoms with Gasteiger partial charge in [-0.15, -0.1) is 0 Å². The Morgan fingerprint density at radius 1 is 1.00 bits per heavy atom. The number of nitrogens with zero attached hydrogens (tertiary/aromatic N) is 2. The van der Waals surface area contributed by atoms with Gasteiger partial charge < -0.3 is 14.8 Å². The first kappa shape index (κ1) is 26.4. The van der Waals surface area contributed by atoms with Gasteiger partial charge in [0.1, 0.15) is 0 Å². The molecule has 4 aromatic rings. The standard InChI is InChI=1S/C32H31Cl2N3OS/c1-21-9-5-7-13-28(21)37-31(38)30(39-32(37)35-25-10-3-2-4-11-25)17-23-20-36(29-14-8-6-12-26(23)29)19-22-15-16-24(33)18-27(22)34/h2-4,6,8,10-12,14-18,20-21,28,32,35H,5,7,9,13,19H2,1H3/b30-17-/t21-,28-,32?/m0/s1. The molecular formula is C32H31Cl2N3OS. The van der Waals surface area contributed by atoms with Crippen molar-refractivity contribution in [2.75, 3.05) is 5.32 Å². The molecule has 0 spiro atoms. The number of benzene rings is 3. The lowest BCUT2D eigenvalue weighted by Crippen LogP contribution is -2.48. The first-order valence-electron chi connectivity index (χ1n) is 13.5. The van der Waals surface area contributed by atoms with E-state index in [0.717, 1.165) is 45.5 Å². The molecule has 6 rings (SSSR count). The molecule has 1 saturated carbocycles. The molecule has 1 N–H and O–H groups in total. The van der Waals surface area contributed by atoms with Crippen molar-refractivity contribution in [3.05, 3.63) is 105 Å². The molecule has 4 nitrogen and oxygen atoms in total. The lowest BCUT2D eigenvalue weighted by molar-refractivity contribution is -0.129. The summed E-state index contributed by atoms with van der Waals surface area (Å²) < 4.78 is 2.20. The van der Waals surface area contributed by atoms with E-state index < -0.39 is 0 Å². The van der Waals surface area contributed by atoms with Gasteiger partial charge in [-0.05, 0) is 60.7 Å². The normalized spacial score (nSPS) is 22.6. The third kappa shape index (κ3) is 5.45. The summed E-state index contributed by atoms with van der Waals surface area (Å²) >= 11 is 14.3. The lowest BCUT2D eigenvalue weighted by Gasteiger charge is -2.39. The van der Waals surface area contributed by atoms with Crippen LogP contribution in [0.3, 0.4) is 0 Å². The van der Waals surface area contributed by atoms with Crippen molar-refractivity contribution < 1.29 is 4.79 Å². The second-order valence-electron chi connectivity index (χ2n) is 10.5. The Morgan fingerprint density at radius 3 is 2.56 bits per heavy atom. The van der Waals surface area contributed by atoms with Gasteiger partial charge >= 0.3 is 0 Å². The maximum atomic E-state index is 14.0. The van der Waals surface area contributed by atoms with Crippen molar-refractivity contribution in [3.8, 4) is 0 Å². The Hall–Kier alpha value is -2.86. The number of hydrogen-bond donors (Lipinski definition) is 1. The largest absolute Gasteiger partial charge is 0.356 e. The third-order valence-corrected chi connectivity index (χ3v) is 9.59. The highest BCUT2D eigenvalue weighted by atomic mass is 35.5. The number of carbonyl (C=O) groups is 1. The van der Waals surface area contributed by atoms with E-state index in [9.17, 15) is 4.79 Å². The minimum Gasteiger partial charge on any atom is -0.356 e. The Labute approximate surface area is 244 Å². The maximum absolute atomic E-state index is 14.0. The topological polar surface area (TPSA) is 37.3 Å². The fourth-order valence-electron chi connectivity index (χ4n) is 5.86. The highest BCUT2D eigenvalue weighted by Crippen LogP contribution is 2.43. The maximum Gasteiger partial charge on any atom is 0.262 e. The summed E-state index contributed by atoms with van der Waals surface area (Å²) in [4.78, 5) is 16.9. The number of para-hydroxylation sites is 2. The van der Waals surface area contributed by atoms with Crippen LogP contribution in [-0.2, 0) is 11.3 Å². The molecule has 1 unspecified atom stereocenters. The summed E-state index contributed by atoms with van der Waals surface area (Å²) in [6.07, 6.45) is 8.82. The van der Waals surface area contributed by atoms with Crippen molar-refractivity contribution in [2.45, 2.75) is 50.7 Å². The molecule has 2 fully saturated rings. The fraction of sp³-hybridized carbons (Fsp3) is 0.281. The zero-order chi connectivity index (χ0) is 26.9. The highest BCUT2D eigenvalue weighted by Gasteiger charge is 2.43. The summed E-state index contributed by atoms with van der Waals surface area (Å²) in [7, 11) is 0. The van der Waals surface area contributed by atoms with E-state index in [0.29, 0.717) is 22.5 Å². The monoisotopic (exact) mass is 575 g/mol. The van der Waals surface area contributed by atoms with Crippen LogP contribution in [0.2, 0.25) is 10.0 Å². The van der Waals surface area contributed by atoms with Gasteiger partial charge in [-0.1, -0.05) is 97.2 Å². The molecule has 1 aliphatic carbocycles. The summed E-state index contributed by atoms with van der Waals surface area (Å²) in [6.45, 7) is 2.91. The average molecular weight is 577 g/mol. The molecule has 1 aliphatic heterocycles. The van der Waals surface area contributed by atoms with Crippen LogP contribution in [0, 0.1) is 5.92 Å². The van der Waals surface area contributed by atoms with Crippen molar-refractivity contribution in [1.82, 2.24) is 9.47 Å². The molecule has 200 valence electrons. The summed E-state index contributed by atoms with van der Waals surface area (Å²) in [5, 5.41) is 6.02. The second-order valence-corrected chi connectivity index (χ2v) is 12.5. The Kier molecular flexibility index (Phi) is 7.66. The number of nitrogens with one attached hydrogen (secondary N) is 1. The van der Waals surface area contributed by atoms with E-state index in [1.165, 1.54) is 12.8 Å². The van der Waals surface area contributed by atoms with Crippen LogP contribution < -0.4 is 5.32 Å². The molecule has 0 bridgehead atoms. The number of thioether (sulfide) groups is 1. The number of carbonyl (C=O) groups excluding carboxylic acids is 1. The van der Waals surface area contributed by atoms with Gasteiger partial charge in [0.2, 0.25) is 0 Å². The van der Waals surface area contributed by atoms with Crippen LogP contribution in [0.25, 0.3) is 17.0 Å². The third-order valence-electron chi connectivity index (χ3n) is 7.89. The fourth-order valence-corrected chi connectivity index (χ4v) is 7.53. The zero-order valence-electron chi connectivity index (χ0n) is 21.8. The second kappa shape index (κ2) is 11.3. The molecule has 0 radical (unpaired) electrons. The van der Waals surface area contributed by atoms with E-state index in [1.807, 2.05) is 42.5 Å². The highest BCUT2D eigenvalue weighted by molar-refractivity contribution is 8.05. The molecule has 39 heavy (non-hydrogen) atoms. The first-order valence-corrected chi connectivity index (χ1v) is 15.2. The number of anilines is 1. The van der Waals surface area contributed by atoms with Crippen LogP contribution in [0.1, 0.15) is 43.7 Å². The predicted octanol–water partition coefficient (Wildman–Crippen LogP) is 8.89. The molecule has 1 aromatic heterocycles. The molecule has 1 amide bonds. The van der Waals surface area contributed by atoms with Crippen LogP contribution in [0.15, 0.2) is 83.9 Å². The van der Waals surface area contributed by atoms with Gasteiger partial charge in [-0.3, -0.25) is 4.79 Å². The quantitative estimate of drug-likeness (QED) is 0.233. The SMILES string of the molecule is C[C@H]1CCCC[C@@H]1N1C(=O)/C(=C/c2cn(Cc3ccc(Cl)cc3Cl)c3ccccc23)SC1Nc1ccccc1. The van der Waals surface area contributed by atoms with Gasteiger partial charge in [-0.25, -0.2) is 0 Å². The molecule has 1 saturated heterocycles. The molecule has 3 atom stereocenters. The number of aromatic nitrogens is 1. The number of hydrogen-bond acceptors (Lipinski definition) is 3. The van der Waals surface area contributed by atoms with Gasteiger partial charge in [0, 0.05) is 51.0 Å². The van der Waals surface area contributed by atoms with Crippen LogP contribution in [-0.4, -0.2) is 26.9 Å². The Balaban J connectivity index is 1.36. The molecule has 3 aromatic carbocycles. The van der Waals surface area contributed by atoms with Crippen LogP contribution in [0.4, 0.5) is 5.69 Å². The summed E-state index contributed by atoms with van der Waals surface area (Å²) in [5.41, 5.74) is 4.01. The zero-order valence-corrected chi connectivity index (χ0v) is 24.1.